The van der Waals surface area contributed by atoms with Crippen LogP contribution in [0.3, 0.4) is 0 Å². The first-order valence-corrected chi connectivity index (χ1v) is 7.55. The van der Waals surface area contributed by atoms with Crippen molar-refractivity contribution in [2.75, 3.05) is 11.9 Å². The zero-order chi connectivity index (χ0) is 15.9. The summed E-state index contributed by atoms with van der Waals surface area (Å²) < 4.78 is 18.5. The third-order valence-corrected chi connectivity index (χ3v) is 3.37. The SMILES string of the molecule is CCOc1ccccc1NC(=S)NC(C)c1ccc(F)cc1. The van der Waals surface area contributed by atoms with Crippen LogP contribution >= 0.6 is 12.2 Å². The molecule has 2 aromatic rings. The molecular formula is C17H19FN2OS. The van der Waals surface area contributed by atoms with Gasteiger partial charge >= 0.3 is 0 Å². The lowest BCUT2D eigenvalue weighted by molar-refractivity contribution is 0.342. The van der Waals surface area contributed by atoms with Gasteiger partial charge in [0.25, 0.3) is 0 Å². The maximum Gasteiger partial charge on any atom is 0.171 e. The molecule has 0 aliphatic carbocycles. The van der Waals surface area contributed by atoms with Gasteiger partial charge in [-0.25, -0.2) is 4.39 Å². The van der Waals surface area contributed by atoms with Gasteiger partial charge in [-0.15, -0.1) is 0 Å². The van der Waals surface area contributed by atoms with Gasteiger partial charge in [-0.05, 0) is 55.9 Å². The molecule has 116 valence electrons. The van der Waals surface area contributed by atoms with Crippen LogP contribution in [0.15, 0.2) is 48.5 Å². The maximum atomic E-state index is 12.9. The van der Waals surface area contributed by atoms with Crippen molar-refractivity contribution in [3.63, 3.8) is 0 Å². The van der Waals surface area contributed by atoms with E-state index in [9.17, 15) is 4.39 Å². The molecular weight excluding hydrogens is 299 g/mol. The van der Waals surface area contributed by atoms with Crippen LogP contribution in [0.5, 0.6) is 5.75 Å². The van der Waals surface area contributed by atoms with Crippen LogP contribution < -0.4 is 15.4 Å². The van der Waals surface area contributed by atoms with Gasteiger partial charge in [-0.2, -0.15) is 0 Å². The topological polar surface area (TPSA) is 33.3 Å². The molecule has 5 heteroatoms. The van der Waals surface area contributed by atoms with Crippen molar-refractivity contribution in [2.24, 2.45) is 0 Å². The number of hydrogen-bond donors (Lipinski definition) is 2. The summed E-state index contributed by atoms with van der Waals surface area (Å²) in [4.78, 5) is 0. The Kier molecular flexibility index (Phi) is 5.72. The summed E-state index contributed by atoms with van der Waals surface area (Å²) in [5.41, 5.74) is 1.77. The van der Waals surface area contributed by atoms with Gasteiger partial charge in [0.2, 0.25) is 0 Å². The number of rotatable bonds is 5. The van der Waals surface area contributed by atoms with E-state index < -0.39 is 0 Å². The quantitative estimate of drug-likeness (QED) is 0.807. The second kappa shape index (κ2) is 7.75. The van der Waals surface area contributed by atoms with Crippen LogP contribution in [0, 0.1) is 5.82 Å². The Hall–Kier alpha value is -2.14. The van der Waals surface area contributed by atoms with Crippen LogP contribution in [0.2, 0.25) is 0 Å². The molecule has 2 N–H and O–H groups in total. The number of nitrogens with one attached hydrogen (secondary N) is 2. The van der Waals surface area contributed by atoms with Crippen molar-refractivity contribution in [1.82, 2.24) is 5.32 Å². The minimum absolute atomic E-state index is 0.0279. The Bertz CT molecular complexity index is 631. The summed E-state index contributed by atoms with van der Waals surface area (Å²) in [5.74, 6) is 0.505. The first kappa shape index (κ1) is 16.2. The number of halogens is 1. The zero-order valence-corrected chi connectivity index (χ0v) is 13.4. The van der Waals surface area contributed by atoms with Crippen molar-refractivity contribution >= 4 is 23.0 Å². The molecule has 0 aliphatic heterocycles. The number of benzene rings is 2. The summed E-state index contributed by atoms with van der Waals surface area (Å²) in [7, 11) is 0. The molecule has 0 bridgehead atoms. The first-order chi connectivity index (χ1) is 10.6. The van der Waals surface area contributed by atoms with Crippen molar-refractivity contribution in [3.8, 4) is 5.75 Å². The van der Waals surface area contributed by atoms with Crippen LogP contribution in [0.25, 0.3) is 0 Å². The van der Waals surface area contributed by atoms with Crippen LogP contribution in [0.1, 0.15) is 25.5 Å². The van der Waals surface area contributed by atoms with Gasteiger partial charge in [0.05, 0.1) is 18.3 Å². The van der Waals surface area contributed by atoms with E-state index in [2.05, 4.69) is 10.6 Å². The largest absolute Gasteiger partial charge is 0.492 e. The predicted molar refractivity (Wildman–Crippen MR) is 91.8 cm³/mol. The fraction of sp³-hybridized carbons (Fsp3) is 0.235. The highest BCUT2D eigenvalue weighted by Crippen LogP contribution is 2.23. The van der Waals surface area contributed by atoms with E-state index in [4.69, 9.17) is 17.0 Å². The number of ether oxygens (including phenoxy) is 1. The Morgan fingerprint density at radius 1 is 1.18 bits per heavy atom. The fourth-order valence-electron chi connectivity index (χ4n) is 2.04. The van der Waals surface area contributed by atoms with Crippen LogP contribution in [0.4, 0.5) is 10.1 Å². The minimum atomic E-state index is -0.248. The van der Waals surface area contributed by atoms with E-state index in [1.807, 2.05) is 38.1 Å². The van der Waals surface area contributed by atoms with E-state index in [-0.39, 0.29) is 11.9 Å². The Morgan fingerprint density at radius 3 is 2.55 bits per heavy atom. The summed E-state index contributed by atoms with van der Waals surface area (Å²) in [6.45, 7) is 4.49. The third kappa shape index (κ3) is 4.43. The number of hydrogen-bond acceptors (Lipinski definition) is 2. The predicted octanol–water partition coefficient (Wildman–Crippen LogP) is 4.27. The van der Waals surface area contributed by atoms with Crippen molar-refractivity contribution in [3.05, 3.63) is 59.9 Å². The Morgan fingerprint density at radius 2 is 1.86 bits per heavy atom. The van der Waals surface area contributed by atoms with E-state index in [1.54, 1.807) is 12.1 Å². The zero-order valence-electron chi connectivity index (χ0n) is 12.6. The lowest BCUT2D eigenvalue weighted by atomic mass is 10.1. The Labute approximate surface area is 135 Å². The first-order valence-electron chi connectivity index (χ1n) is 7.15. The molecule has 0 radical (unpaired) electrons. The average Bonchev–Trinajstić information content (AvgIpc) is 2.50. The molecule has 0 amide bonds. The van der Waals surface area contributed by atoms with E-state index >= 15 is 0 Å². The highest BCUT2D eigenvalue weighted by Gasteiger charge is 2.09. The molecule has 0 aromatic heterocycles. The third-order valence-electron chi connectivity index (χ3n) is 3.15. The van der Waals surface area contributed by atoms with Gasteiger partial charge in [-0.1, -0.05) is 24.3 Å². The van der Waals surface area contributed by atoms with Gasteiger partial charge in [0.15, 0.2) is 5.11 Å². The molecule has 2 aromatic carbocycles. The Balaban J connectivity index is 1.99. The fourth-order valence-corrected chi connectivity index (χ4v) is 2.33. The number of anilines is 1. The van der Waals surface area contributed by atoms with Crippen LogP contribution in [-0.2, 0) is 0 Å². The normalized spacial score (nSPS) is 11.6. The van der Waals surface area contributed by atoms with Crippen molar-refractivity contribution in [1.29, 1.82) is 0 Å². The van der Waals surface area contributed by atoms with Gasteiger partial charge < -0.3 is 15.4 Å². The molecule has 22 heavy (non-hydrogen) atoms. The van der Waals surface area contributed by atoms with E-state index in [0.29, 0.717) is 11.7 Å². The summed E-state index contributed by atoms with van der Waals surface area (Å²) in [6.07, 6.45) is 0. The molecule has 0 aliphatic rings. The van der Waals surface area contributed by atoms with E-state index in [1.165, 1.54) is 12.1 Å². The highest BCUT2D eigenvalue weighted by atomic mass is 32.1. The molecule has 2 rings (SSSR count). The molecule has 1 unspecified atom stereocenters. The molecule has 0 saturated carbocycles. The van der Waals surface area contributed by atoms with Crippen molar-refractivity contribution in [2.45, 2.75) is 19.9 Å². The highest BCUT2D eigenvalue weighted by molar-refractivity contribution is 7.80. The lowest BCUT2D eigenvalue weighted by Gasteiger charge is -2.18. The van der Waals surface area contributed by atoms with E-state index in [0.717, 1.165) is 17.0 Å². The lowest BCUT2D eigenvalue weighted by Crippen LogP contribution is -2.31. The second-order valence-corrected chi connectivity index (χ2v) is 5.21. The molecule has 3 nitrogen and oxygen atoms in total. The van der Waals surface area contributed by atoms with Gasteiger partial charge in [-0.3, -0.25) is 0 Å². The molecule has 0 heterocycles. The summed E-state index contributed by atoms with van der Waals surface area (Å²) in [6, 6.07) is 13.9. The molecule has 0 saturated heterocycles. The smallest absolute Gasteiger partial charge is 0.171 e. The standard InChI is InChI=1S/C17H19FN2OS/c1-3-21-16-7-5-4-6-15(16)20-17(22)19-12(2)13-8-10-14(18)11-9-13/h4-12H,3H2,1-2H3,(H2,19,20,22). The monoisotopic (exact) mass is 318 g/mol. The molecule has 1 atom stereocenters. The summed E-state index contributed by atoms with van der Waals surface area (Å²) >= 11 is 5.33. The second-order valence-electron chi connectivity index (χ2n) is 4.80. The van der Waals surface area contributed by atoms with Crippen LogP contribution in [-0.4, -0.2) is 11.7 Å². The molecule has 0 spiro atoms. The van der Waals surface area contributed by atoms with Gasteiger partial charge in [0, 0.05) is 0 Å². The maximum absolute atomic E-state index is 12.9. The molecule has 0 fully saturated rings. The number of thiocarbonyl (C=S) groups is 1. The minimum Gasteiger partial charge on any atom is -0.492 e. The number of para-hydroxylation sites is 2. The van der Waals surface area contributed by atoms with Gasteiger partial charge in [0.1, 0.15) is 11.6 Å². The summed E-state index contributed by atoms with van der Waals surface area (Å²) in [5, 5.41) is 6.79. The van der Waals surface area contributed by atoms with Crippen molar-refractivity contribution < 1.29 is 9.13 Å². The average molecular weight is 318 g/mol.